The summed E-state index contributed by atoms with van der Waals surface area (Å²) in [6.07, 6.45) is 14.2. The van der Waals surface area contributed by atoms with Gasteiger partial charge in [-0.1, -0.05) is 37.4 Å². The van der Waals surface area contributed by atoms with E-state index >= 15 is 0 Å². The molecule has 1 amide bonds. The van der Waals surface area contributed by atoms with Gasteiger partial charge >= 0.3 is 0 Å². The Balaban J connectivity index is 1.27. The Hall–Kier alpha value is -1.06. The smallest absolute Gasteiger partial charge is 0.252 e. The number of halogens is 1. The summed E-state index contributed by atoms with van der Waals surface area (Å²) in [5, 5.41) is 7.37. The van der Waals surface area contributed by atoms with Crippen molar-refractivity contribution in [2.75, 3.05) is 19.6 Å². The van der Waals surface area contributed by atoms with E-state index in [0.717, 1.165) is 50.2 Å². The summed E-state index contributed by atoms with van der Waals surface area (Å²) >= 11 is 6.40. The van der Waals surface area contributed by atoms with E-state index < -0.39 is 0 Å². The van der Waals surface area contributed by atoms with Gasteiger partial charge in [0.05, 0.1) is 10.6 Å². The third-order valence-electron chi connectivity index (χ3n) is 7.84. The maximum Gasteiger partial charge on any atom is 0.252 e. The highest BCUT2D eigenvalue weighted by Gasteiger charge is 2.50. The number of hydrogen-bond donors (Lipinski definition) is 2. The van der Waals surface area contributed by atoms with E-state index in [4.69, 9.17) is 11.6 Å². The van der Waals surface area contributed by atoms with Gasteiger partial charge in [-0.2, -0.15) is 0 Å². The van der Waals surface area contributed by atoms with Gasteiger partial charge in [0, 0.05) is 6.54 Å². The standard InChI is InChI=1S/C26H39ClN2O/c1-2-3-4-9-28-10-5-6-19-7-8-24(27)23(14-19)25(30)29-18-26-15-20-11-21(16-26)13-22(12-20)17-26/h7-8,14,20-22,28H,2-6,9-13,15-18H2,1H3,(H,29,30). The minimum Gasteiger partial charge on any atom is -0.351 e. The molecule has 0 radical (unpaired) electrons. The first-order chi connectivity index (χ1) is 14.6. The van der Waals surface area contributed by atoms with Crippen molar-refractivity contribution in [2.24, 2.45) is 23.2 Å². The highest BCUT2D eigenvalue weighted by molar-refractivity contribution is 6.33. The maximum absolute atomic E-state index is 13.0. The number of carbonyl (C=O) groups excluding carboxylic acids is 1. The van der Waals surface area contributed by atoms with E-state index in [0.29, 0.717) is 16.0 Å². The molecular weight excluding hydrogens is 392 g/mol. The zero-order chi connectivity index (χ0) is 21.0. The van der Waals surface area contributed by atoms with Crippen molar-refractivity contribution in [3.05, 3.63) is 34.3 Å². The molecule has 0 saturated heterocycles. The predicted octanol–water partition coefficient (Wildman–Crippen LogP) is 6.00. The number of nitrogens with one attached hydrogen (secondary N) is 2. The van der Waals surface area contributed by atoms with Gasteiger partial charge in [0.15, 0.2) is 0 Å². The highest BCUT2D eigenvalue weighted by Crippen LogP contribution is 2.59. The Morgan fingerprint density at radius 2 is 1.70 bits per heavy atom. The third-order valence-corrected chi connectivity index (χ3v) is 8.17. The van der Waals surface area contributed by atoms with Crippen molar-refractivity contribution in [3.8, 4) is 0 Å². The molecule has 0 heterocycles. The first-order valence-corrected chi connectivity index (χ1v) is 12.7. The highest BCUT2D eigenvalue weighted by atomic mass is 35.5. The average Bonchev–Trinajstić information content (AvgIpc) is 2.71. The molecule has 30 heavy (non-hydrogen) atoms. The van der Waals surface area contributed by atoms with Crippen LogP contribution in [0, 0.1) is 23.2 Å². The van der Waals surface area contributed by atoms with Crippen LogP contribution in [0.3, 0.4) is 0 Å². The largest absolute Gasteiger partial charge is 0.351 e. The summed E-state index contributed by atoms with van der Waals surface area (Å²) in [5.74, 6) is 2.75. The first kappa shape index (κ1) is 22.1. The fourth-order valence-electron chi connectivity index (χ4n) is 6.81. The molecule has 1 aromatic carbocycles. The molecule has 5 rings (SSSR count). The Kier molecular flexibility index (Phi) is 7.41. The lowest BCUT2D eigenvalue weighted by Crippen LogP contribution is -2.51. The third kappa shape index (κ3) is 5.40. The lowest BCUT2D eigenvalue weighted by Gasteiger charge is -2.56. The molecule has 166 valence electrons. The van der Waals surface area contributed by atoms with E-state index in [1.165, 1.54) is 63.4 Å². The van der Waals surface area contributed by atoms with Gasteiger partial charge in [-0.05, 0) is 112 Å². The fourth-order valence-corrected chi connectivity index (χ4v) is 7.02. The molecule has 4 bridgehead atoms. The summed E-state index contributed by atoms with van der Waals surface area (Å²) in [6.45, 7) is 5.20. The van der Waals surface area contributed by atoms with E-state index in [-0.39, 0.29) is 5.91 Å². The van der Waals surface area contributed by atoms with Crippen LogP contribution in [0.5, 0.6) is 0 Å². The van der Waals surface area contributed by atoms with E-state index in [2.05, 4.69) is 23.6 Å². The van der Waals surface area contributed by atoms with Crippen LogP contribution in [0.2, 0.25) is 5.02 Å². The molecule has 0 spiro atoms. The number of benzene rings is 1. The molecule has 0 atom stereocenters. The first-order valence-electron chi connectivity index (χ1n) is 12.3. The van der Waals surface area contributed by atoms with Gasteiger partial charge in [-0.3, -0.25) is 4.79 Å². The number of amides is 1. The van der Waals surface area contributed by atoms with Gasteiger partial charge in [0.25, 0.3) is 5.91 Å². The zero-order valence-corrected chi connectivity index (χ0v) is 19.4. The van der Waals surface area contributed by atoms with E-state index in [9.17, 15) is 4.79 Å². The summed E-state index contributed by atoms with van der Waals surface area (Å²) in [6, 6.07) is 5.97. The van der Waals surface area contributed by atoms with E-state index in [1.807, 2.05) is 12.1 Å². The molecular formula is C26H39ClN2O. The van der Waals surface area contributed by atoms with Crippen LogP contribution in [0.15, 0.2) is 18.2 Å². The fraction of sp³-hybridized carbons (Fsp3) is 0.731. The average molecular weight is 431 g/mol. The van der Waals surface area contributed by atoms with Crippen LogP contribution in [0.4, 0.5) is 0 Å². The molecule has 4 fully saturated rings. The van der Waals surface area contributed by atoms with Crippen molar-refractivity contribution in [3.63, 3.8) is 0 Å². The lowest BCUT2D eigenvalue weighted by molar-refractivity contribution is -0.0503. The Bertz CT molecular complexity index is 696. The molecule has 0 aliphatic heterocycles. The minimum atomic E-state index is 0.00952. The quantitative estimate of drug-likeness (QED) is 0.423. The van der Waals surface area contributed by atoms with Crippen molar-refractivity contribution in [2.45, 2.75) is 77.6 Å². The van der Waals surface area contributed by atoms with Crippen molar-refractivity contribution in [1.29, 1.82) is 0 Å². The monoisotopic (exact) mass is 430 g/mol. The number of rotatable bonds is 11. The molecule has 4 aliphatic carbocycles. The molecule has 4 aliphatic rings. The second kappa shape index (κ2) is 10.0. The van der Waals surface area contributed by atoms with Crippen LogP contribution in [0.25, 0.3) is 0 Å². The predicted molar refractivity (Wildman–Crippen MR) is 125 cm³/mol. The molecule has 2 N–H and O–H groups in total. The van der Waals surface area contributed by atoms with Gasteiger partial charge < -0.3 is 10.6 Å². The number of unbranched alkanes of at least 4 members (excludes halogenated alkanes) is 2. The van der Waals surface area contributed by atoms with Gasteiger partial charge in [0.1, 0.15) is 0 Å². The number of carbonyl (C=O) groups is 1. The van der Waals surface area contributed by atoms with Crippen molar-refractivity contribution in [1.82, 2.24) is 10.6 Å². The Labute approximate surface area is 187 Å². The van der Waals surface area contributed by atoms with Crippen LogP contribution in [-0.4, -0.2) is 25.5 Å². The summed E-state index contributed by atoms with van der Waals surface area (Å²) < 4.78 is 0. The SMILES string of the molecule is CCCCCNCCCc1ccc(Cl)c(C(=O)NCC23CC4CC(CC(C4)C2)C3)c1. The number of aryl methyl sites for hydroxylation is 1. The molecule has 0 unspecified atom stereocenters. The van der Waals surface area contributed by atoms with Gasteiger partial charge in [-0.25, -0.2) is 0 Å². The molecule has 1 aromatic rings. The summed E-state index contributed by atoms with van der Waals surface area (Å²) in [4.78, 5) is 13.0. The molecule has 3 nitrogen and oxygen atoms in total. The van der Waals surface area contributed by atoms with Crippen LogP contribution in [0.1, 0.15) is 87.1 Å². The second-order valence-electron chi connectivity index (χ2n) is 10.5. The molecule has 0 aromatic heterocycles. The maximum atomic E-state index is 13.0. The molecule has 4 saturated carbocycles. The topological polar surface area (TPSA) is 41.1 Å². The van der Waals surface area contributed by atoms with E-state index in [1.54, 1.807) is 0 Å². The van der Waals surface area contributed by atoms with Crippen molar-refractivity contribution < 1.29 is 4.79 Å². The minimum absolute atomic E-state index is 0.00952. The zero-order valence-electron chi connectivity index (χ0n) is 18.6. The normalized spacial score (nSPS) is 29.3. The Morgan fingerprint density at radius 3 is 2.37 bits per heavy atom. The van der Waals surface area contributed by atoms with Gasteiger partial charge in [0.2, 0.25) is 0 Å². The van der Waals surface area contributed by atoms with Crippen LogP contribution in [-0.2, 0) is 6.42 Å². The Morgan fingerprint density at radius 1 is 1.03 bits per heavy atom. The number of hydrogen-bond acceptors (Lipinski definition) is 2. The summed E-state index contributed by atoms with van der Waals surface area (Å²) in [5.41, 5.74) is 2.21. The second-order valence-corrected chi connectivity index (χ2v) is 10.9. The van der Waals surface area contributed by atoms with Crippen LogP contribution >= 0.6 is 11.6 Å². The van der Waals surface area contributed by atoms with Gasteiger partial charge in [-0.15, -0.1) is 0 Å². The van der Waals surface area contributed by atoms with Crippen molar-refractivity contribution >= 4 is 17.5 Å². The molecule has 4 heteroatoms. The summed E-state index contributed by atoms with van der Waals surface area (Å²) in [7, 11) is 0. The van der Waals surface area contributed by atoms with Crippen LogP contribution < -0.4 is 10.6 Å². The lowest BCUT2D eigenvalue weighted by atomic mass is 9.49.